The maximum Gasteiger partial charge on any atom is 0.338 e. The third kappa shape index (κ3) is 6.84. The molecule has 0 N–H and O–H groups in total. The van der Waals surface area contributed by atoms with E-state index in [0.717, 1.165) is 34.9 Å². The summed E-state index contributed by atoms with van der Waals surface area (Å²) < 4.78 is 13.1. The summed E-state index contributed by atoms with van der Waals surface area (Å²) in [6.45, 7) is 14.5. The first-order valence-electron chi connectivity index (χ1n) is 11.7. The average Bonchev–Trinajstić information content (AvgIpc) is 3.11. The molecule has 178 valence electrons. The minimum absolute atomic E-state index is 0.147. The number of aromatic nitrogens is 2. The van der Waals surface area contributed by atoms with Crippen LogP contribution in [-0.2, 0) is 27.2 Å². The van der Waals surface area contributed by atoms with Gasteiger partial charge in [-0.2, -0.15) is 0 Å². The maximum atomic E-state index is 12.2. The number of thioether (sulfide) groups is 1. The van der Waals surface area contributed by atoms with Crippen molar-refractivity contribution in [3.63, 3.8) is 0 Å². The molecule has 5 nitrogen and oxygen atoms in total. The number of imidazole rings is 1. The van der Waals surface area contributed by atoms with E-state index in [1.165, 1.54) is 11.1 Å². The van der Waals surface area contributed by atoms with E-state index in [4.69, 9.17) is 14.5 Å². The number of fused-ring (bicyclic) bond motifs is 1. The normalized spacial score (nSPS) is 12.0. The summed E-state index contributed by atoms with van der Waals surface area (Å²) in [7, 11) is 0. The minimum Gasteiger partial charge on any atom is -0.462 e. The van der Waals surface area contributed by atoms with Crippen molar-refractivity contribution in [2.24, 2.45) is 0 Å². The van der Waals surface area contributed by atoms with Crippen LogP contribution in [0.15, 0.2) is 47.6 Å². The third-order valence-electron chi connectivity index (χ3n) is 5.39. The number of rotatable bonds is 10. The molecule has 0 aliphatic carbocycles. The van der Waals surface area contributed by atoms with E-state index in [2.05, 4.69) is 63.5 Å². The summed E-state index contributed by atoms with van der Waals surface area (Å²) in [6.07, 6.45) is 1.12. The van der Waals surface area contributed by atoms with Gasteiger partial charge in [0.05, 0.1) is 29.3 Å². The van der Waals surface area contributed by atoms with E-state index < -0.39 is 0 Å². The number of esters is 1. The third-order valence-corrected chi connectivity index (χ3v) is 6.44. The van der Waals surface area contributed by atoms with Crippen molar-refractivity contribution in [1.82, 2.24) is 9.55 Å². The molecule has 0 aliphatic heterocycles. The number of aryl methyl sites for hydroxylation is 1. The average molecular weight is 469 g/mol. The monoisotopic (exact) mass is 468 g/mol. The van der Waals surface area contributed by atoms with E-state index in [1.807, 2.05) is 25.1 Å². The Labute approximate surface area is 201 Å². The molecule has 3 aromatic rings. The van der Waals surface area contributed by atoms with Crippen molar-refractivity contribution in [2.45, 2.75) is 76.9 Å². The molecular formula is C27H36N2O3S. The molecule has 0 saturated carbocycles. The molecule has 1 heterocycles. The summed E-state index contributed by atoms with van der Waals surface area (Å²) in [5.41, 5.74) is 5.12. The number of carbonyl (C=O) groups is 1. The maximum absolute atomic E-state index is 12.2. The lowest BCUT2D eigenvalue weighted by molar-refractivity contribution is 0.0526. The molecule has 0 atom stereocenters. The highest BCUT2D eigenvalue weighted by atomic mass is 32.2. The van der Waals surface area contributed by atoms with Crippen LogP contribution in [0.25, 0.3) is 11.0 Å². The van der Waals surface area contributed by atoms with Crippen molar-refractivity contribution >= 4 is 28.8 Å². The standard InChI is InChI=1S/C27H36N2O3S/c1-7-31-25(30)21-11-14-24-23(17-21)28-26(29(24)15-8-16-32-19(2)3)33-18-20-9-12-22(13-10-20)27(4,5)6/h9-14,17,19H,7-8,15-16,18H2,1-6H3. The fraction of sp³-hybridized carbons (Fsp3) is 0.481. The second kappa shape index (κ2) is 11.2. The van der Waals surface area contributed by atoms with E-state index >= 15 is 0 Å². The molecule has 6 heteroatoms. The van der Waals surface area contributed by atoms with Gasteiger partial charge in [0.15, 0.2) is 5.16 Å². The molecule has 2 aromatic carbocycles. The second-order valence-corrected chi connectivity index (χ2v) is 10.4. The van der Waals surface area contributed by atoms with Gasteiger partial charge in [-0.25, -0.2) is 9.78 Å². The van der Waals surface area contributed by atoms with Gasteiger partial charge in [-0.15, -0.1) is 0 Å². The lowest BCUT2D eigenvalue weighted by Gasteiger charge is -2.19. The minimum atomic E-state index is -0.313. The van der Waals surface area contributed by atoms with Gasteiger partial charge in [-0.1, -0.05) is 56.8 Å². The summed E-state index contributed by atoms with van der Waals surface area (Å²) in [5.74, 6) is 0.522. The Hall–Kier alpha value is -2.31. The number of nitrogens with zero attached hydrogens (tertiary/aromatic N) is 2. The van der Waals surface area contributed by atoms with Crippen LogP contribution in [-0.4, -0.2) is 34.8 Å². The first kappa shape index (κ1) is 25.3. The molecule has 0 saturated heterocycles. The van der Waals surface area contributed by atoms with Crippen molar-refractivity contribution in [3.8, 4) is 0 Å². The number of carbonyl (C=O) groups excluding carboxylic acids is 1. The Morgan fingerprint density at radius 1 is 1.12 bits per heavy atom. The Bertz CT molecular complexity index is 1070. The van der Waals surface area contributed by atoms with Crippen LogP contribution in [0, 0.1) is 0 Å². The Balaban J connectivity index is 1.82. The van der Waals surface area contributed by atoms with Crippen LogP contribution in [0.5, 0.6) is 0 Å². The molecule has 33 heavy (non-hydrogen) atoms. The van der Waals surface area contributed by atoms with Crippen molar-refractivity contribution in [1.29, 1.82) is 0 Å². The van der Waals surface area contributed by atoms with Crippen molar-refractivity contribution in [3.05, 3.63) is 59.2 Å². The van der Waals surface area contributed by atoms with Crippen molar-refractivity contribution in [2.75, 3.05) is 13.2 Å². The number of hydrogen-bond acceptors (Lipinski definition) is 5. The number of hydrogen-bond donors (Lipinski definition) is 0. The highest BCUT2D eigenvalue weighted by Crippen LogP contribution is 2.29. The predicted molar refractivity (Wildman–Crippen MR) is 136 cm³/mol. The first-order chi connectivity index (χ1) is 15.7. The van der Waals surface area contributed by atoms with Gasteiger partial charge in [0.25, 0.3) is 0 Å². The molecule has 3 rings (SSSR count). The summed E-state index contributed by atoms with van der Waals surface area (Å²) in [6, 6.07) is 14.5. The SMILES string of the molecule is CCOC(=O)c1ccc2c(c1)nc(SCc1ccc(C(C)(C)C)cc1)n2CCCOC(C)C. The van der Waals surface area contributed by atoms with Gasteiger partial charge < -0.3 is 14.0 Å². The smallest absolute Gasteiger partial charge is 0.338 e. The second-order valence-electron chi connectivity index (χ2n) is 9.48. The van der Waals surface area contributed by atoms with E-state index in [9.17, 15) is 4.79 Å². The van der Waals surface area contributed by atoms with Crippen LogP contribution < -0.4 is 0 Å². The molecule has 0 spiro atoms. The van der Waals surface area contributed by atoms with Gasteiger partial charge in [0.1, 0.15) is 0 Å². The zero-order valence-electron chi connectivity index (χ0n) is 20.7. The number of benzene rings is 2. The topological polar surface area (TPSA) is 53.3 Å². The quantitative estimate of drug-likeness (QED) is 0.190. The van der Waals surface area contributed by atoms with Crippen LogP contribution in [0.4, 0.5) is 0 Å². The van der Waals surface area contributed by atoms with Crippen LogP contribution in [0.1, 0.15) is 69.4 Å². The Kier molecular flexibility index (Phi) is 8.60. The van der Waals surface area contributed by atoms with Gasteiger partial charge >= 0.3 is 5.97 Å². The van der Waals surface area contributed by atoms with Crippen LogP contribution in [0.3, 0.4) is 0 Å². The van der Waals surface area contributed by atoms with E-state index in [0.29, 0.717) is 18.8 Å². The fourth-order valence-electron chi connectivity index (χ4n) is 3.57. The van der Waals surface area contributed by atoms with E-state index in [1.54, 1.807) is 11.8 Å². The molecule has 0 radical (unpaired) electrons. The van der Waals surface area contributed by atoms with Crippen LogP contribution in [0.2, 0.25) is 0 Å². The highest BCUT2D eigenvalue weighted by molar-refractivity contribution is 7.98. The lowest BCUT2D eigenvalue weighted by Crippen LogP contribution is -2.10. The summed E-state index contributed by atoms with van der Waals surface area (Å²) >= 11 is 1.72. The zero-order valence-corrected chi connectivity index (χ0v) is 21.5. The molecular weight excluding hydrogens is 432 g/mol. The number of ether oxygens (including phenoxy) is 2. The molecule has 0 unspecified atom stereocenters. The van der Waals surface area contributed by atoms with E-state index in [-0.39, 0.29) is 17.5 Å². The van der Waals surface area contributed by atoms with Gasteiger partial charge in [0, 0.05) is 18.9 Å². The van der Waals surface area contributed by atoms with Crippen LogP contribution >= 0.6 is 11.8 Å². The molecule has 0 aliphatic rings. The van der Waals surface area contributed by atoms with Gasteiger partial charge in [-0.3, -0.25) is 0 Å². The highest BCUT2D eigenvalue weighted by Gasteiger charge is 2.16. The lowest BCUT2D eigenvalue weighted by atomic mass is 9.87. The Morgan fingerprint density at radius 3 is 2.48 bits per heavy atom. The summed E-state index contributed by atoms with van der Waals surface area (Å²) in [5, 5.41) is 0.954. The summed E-state index contributed by atoms with van der Waals surface area (Å²) in [4.78, 5) is 17.1. The van der Waals surface area contributed by atoms with Gasteiger partial charge in [-0.05, 0) is 61.9 Å². The Morgan fingerprint density at radius 2 is 1.85 bits per heavy atom. The van der Waals surface area contributed by atoms with Gasteiger partial charge in [0.2, 0.25) is 0 Å². The predicted octanol–water partition coefficient (Wildman–Crippen LogP) is 6.62. The zero-order chi connectivity index (χ0) is 24.0. The largest absolute Gasteiger partial charge is 0.462 e. The molecule has 0 bridgehead atoms. The first-order valence-corrected chi connectivity index (χ1v) is 12.7. The fourth-order valence-corrected chi connectivity index (χ4v) is 4.56. The van der Waals surface area contributed by atoms with Crippen molar-refractivity contribution < 1.29 is 14.3 Å². The molecule has 0 amide bonds. The molecule has 1 aromatic heterocycles. The molecule has 0 fully saturated rings.